The van der Waals surface area contributed by atoms with Gasteiger partial charge in [-0.15, -0.1) is 0 Å². The molecule has 2 aromatic rings. The van der Waals surface area contributed by atoms with E-state index in [0.29, 0.717) is 54.3 Å². The summed E-state index contributed by atoms with van der Waals surface area (Å²) in [6.45, 7) is 5.83. The number of amides is 1. The van der Waals surface area contributed by atoms with Gasteiger partial charge in [-0.2, -0.15) is 18.3 Å². The molecule has 1 aromatic carbocycles. The first kappa shape index (κ1) is 28.3. The van der Waals surface area contributed by atoms with Crippen molar-refractivity contribution in [1.82, 2.24) is 15.1 Å². The number of rotatable bonds is 9. The third kappa shape index (κ3) is 6.54. The number of halogens is 4. The van der Waals surface area contributed by atoms with E-state index in [4.69, 9.17) is 16.3 Å². The maximum atomic E-state index is 13.0. The number of ether oxygens (including phenoxy) is 1. The van der Waals surface area contributed by atoms with E-state index in [0.717, 1.165) is 19.8 Å². The van der Waals surface area contributed by atoms with Gasteiger partial charge in [-0.25, -0.2) is 0 Å². The van der Waals surface area contributed by atoms with Crippen LogP contribution in [0.5, 0.6) is 5.75 Å². The number of hydrogen-bond acceptors (Lipinski definition) is 4. The minimum absolute atomic E-state index is 0.0321. The Balaban J connectivity index is 1.88. The van der Waals surface area contributed by atoms with Gasteiger partial charge in [0.05, 0.1) is 29.3 Å². The number of benzene rings is 1. The molecule has 0 unspecified atom stereocenters. The number of carbonyl (C=O) groups is 1. The van der Waals surface area contributed by atoms with E-state index in [1.165, 1.54) is 7.11 Å². The molecule has 0 saturated heterocycles. The van der Waals surface area contributed by atoms with E-state index in [9.17, 15) is 23.1 Å². The lowest BCUT2D eigenvalue weighted by atomic mass is 9.79. The van der Waals surface area contributed by atoms with Gasteiger partial charge in [0.2, 0.25) is 0 Å². The first-order valence-corrected chi connectivity index (χ1v) is 12.8. The Morgan fingerprint density at radius 1 is 1.36 bits per heavy atom. The average molecular weight is 530 g/mol. The number of aromatic nitrogens is 2. The number of carbonyl (C=O) groups excluding carboxylic acids is 1. The van der Waals surface area contributed by atoms with Gasteiger partial charge < -0.3 is 15.2 Å². The van der Waals surface area contributed by atoms with Crippen LogP contribution in [0, 0.1) is 11.8 Å². The van der Waals surface area contributed by atoms with E-state index in [1.54, 1.807) is 22.9 Å². The SMILES string of the molecule is CCCn1nc(C(=O)NCC2(O)CCC(C)CC2)c(Cl)c1-c1ccc(C[C@H](C)C(F)(F)F)cc1OC. The van der Waals surface area contributed by atoms with Gasteiger partial charge >= 0.3 is 6.18 Å². The van der Waals surface area contributed by atoms with Crippen LogP contribution in [-0.4, -0.2) is 46.2 Å². The van der Waals surface area contributed by atoms with Crippen LogP contribution < -0.4 is 10.1 Å². The number of hydrogen-bond donors (Lipinski definition) is 2. The second kappa shape index (κ2) is 11.4. The van der Waals surface area contributed by atoms with Gasteiger partial charge in [-0.3, -0.25) is 9.48 Å². The fraction of sp³-hybridized carbons (Fsp3) is 0.615. The van der Waals surface area contributed by atoms with E-state index in [-0.39, 0.29) is 23.7 Å². The molecule has 36 heavy (non-hydrogen) atoms. The Hall–Kier alpha value is -2.26. The Morgan fingerprint density at radius 2 is 2.03 bits per heavy atom. The second-order valence-electron chi connectivity index (χ2n) is 10.0. The Kier molecular flexibility index (Phi) is 8.98. The molecule has 10 heteroatoms. The van der Waals surface area contributed by atoms with Crippen molar-refractivity contribution in [3.05, 3.63) is 34.5 Å². The molecule has 1 aliphatic rings. The lowest BCUT2D eigenvalue weighted by Gasteiger charge is -2.34. The summed E-state index contributed by atoms with van der Waals surface area (Å²) in [5, 5.41) is 18.2. The highest BCUT2D eigenvalue weighted by Crippen LogP contribution is 2.39. The first-order chi connectivity index (χ1) is 16.9. The smallest absolute Gasteiger partial charge is 0.391 e. The highest BCUT2D eigenvalue weighted by Gasteiger charge is 2.36. The standard InChI is InChI=1S/C26H35ClF3N3O3/c1-5-12-33-23(19-7-6-18(14-20(19)36-4)13-17(3)26(28,29)30)21(27)22(32-33)24(34)31-15-25(35)10-8-16(2)9-11-25/h6-7,14,16-17,35H,5,8-13,15H2,1-4H3,(H,31,34)/t16?,17-,25?/m0/s1. The van der Waals surface area contributed by atoms with Gasteiger partial charge in [-0.1, -0.05) is 38.4 Å². The predicted molar refractivity (Wildman–Crippen MR) is 133 cm³/mol. The summed E-state index contributed by atoms with van der Waals surface area (Å²) in [6, 6.07) is 4.83. The molecule has 2 N–H and O–H groups in total. The van der Waals surface area contributed by atoms with Crippen LogP contribution in [-0.2, 0) is 13.0 Å². The van der Waals surface area contributed by atoms with Gasteiger partial charge in [0, 0.05) is 18.7 Å². The van der Waals surface area contributed by atoms with Crippen molar-refractivity contribution in [2.75, 3.05) is 13.7 Å². The molecule has 0 radical (unpaired) electrons. The highest BCUT2D eigenvalue weighted by atomic mass is 35.5. The van der Waals surface area contributed by atoms with Crippen LogP contribution in [0.25, 0.3) is 11.3 Å². The molecular weight excluding hydrogens is 495 g/mol. The first-order valence-electron chi connectivity index (χ1n) is 12.4. The fourth-order valence-corrected chi connectivity index (χ4v) is 4.87. The maximum absolute atomic E-state index is 13.0. The third-order valence-corrected chi connectivity index (χ3v) is 7.31. The summed E-state index contributed by atoms with van der Waals surface area (Å²) in [5.41, 5.74) is 0.554. The molecular formula is C26H35ClF3N3O3. The summed E-state index contributed by atoms with van der Waals surface area (Å²) in [7, 11) is 1.43. The number of nitrogens with one attached hydrogen (secondary N) is 1. The van der Waals surface area contributed by atoms with Crippen LogP contribution in [0.4, 0.5) is 13.2 Å². The zero-order valence-corrected chi connectivity index (χ0v) is 22.0. The molecule has 1 heterocycles. The minimum Gasteiger partial charge on any atom is -0.496 e. The number of aliphatic hydroxyl groups is 1. The van der Waals surface area contributed by atoms with Crippen LogP contribution in [0.15, 0.2) is 18.2 Å². The zero-order valence-electron chi connectivity index (χ0n) is 21.2. The third-order valence-electron chi connectivity index (χ3n) is 6.95. The van der Waals surface area contributed by atoms with Crippen molar-refractivity contribution in [2.45, 2.75) is 77.6 Å². The monoisotopic (exact) mass is 529 g/mol. The molecule has 1 aromatic heterocycles. The summed E-state index contributed by atoms with van der Waals surface area (Å²) in [5.74, 6) is -1.09. The molecule has 6 nitrogen and oxygen atoms in total. The molecule has 0 spiro atoms. The summed E-state index contributed by atoms with van der Waals surface area (Å²) in [4.78, 5) is 13.0. The van der Waals surface area contributed by atoms with Gasteiger partial charge in [0.25, 0.3) is 5.91 Å². The van der Waals surface area contributed by atoms with E-state index in [1.807, 2.05) is 6.92 Å². The second-order valence-corrected chi connectivity index (χ2v) is 10.4. The molecule has 1 amide bonds. The lowest BCUT2D eigenvalue weighted by Crippen LogP contribution is -2.45. The molecule has 1 aliphatic carbocycles. The molecule has 0 bridgehead atoms. The van der Waals surface area contributed by atoms with Crippen molar-refractivity contribution in [1.29, 1.82) is 0 Å². The van der Waals surface area contributed by atoms with Crippen LogP contribution in [0.1, 0.15) is 68.9 Å². The normalized spacial score (nSPS) is 21.3. The van der Waals surface area contributed by atoms with Gasteiger partial charge in [-0.05, 0) is 62.1 Å². The Morgan fingerprint density at radius 3 is 2.61 bits per heavy atom. The molecule has 1 saturated carbocycles. The van der Waals surface area contributed by atoms with Crippen molar-refractivity contribution < 1.29 is 27.8 Å². The number of alkyl halides is 3. The van der Waals surface area contributed by atoms with Crippen molar-refractivity contribution in [3.63, 3.8) is 0 Å². The fourth-order valence-electron chi connectivity index (χ4n) is 4.55. The number of nitrogens with zero attached hydrogens (tertiary/aromatic N) is 2. The Bertz CT molecular complexity index is 1060. The van der Waals surface area contributed by atoms with Gasteiger partial charge in [0.1, 0.15) is 5.75 Å². The summed E-state index contributed by atoms with van der Waals surface area (Å²) >= 11 is 6.67. The molecule has 1 fully saturated rings. The number of methoxy groups -OCH3 is 1. The molecule has 200 valence electrons. The topological polar surface area (TPSA) is 76.4 Å². The maximum Gasteiger partial charge on any atom is 0.391 e. The molecule has 1 atom stereocenters. The summed E-state index contributed by atoms with van der Waals surface area (Å²) in [6.07, 6.45) is -0.715. The van der Waals surface area contributed by atoms with Crippen LogP contribution in [0.3, 0.4) is 0 Å². The van der Waals surface area contributed by atoms with E-state index in [2.05, 4.69) is 17.3 Å². The minimum atomic E-state index is -4.29. The predicted octanol–water partition coefficient (Wildman–Crippen LogP) is 6.03. The van der Waals surface area contributed by atoms with Crippen molar-refractivity contribution in [3.8, 4) is 17.0 Å². The lowest BCUT2D eigenvalue weighted by molar-refractivity contribution is -0.169. The summed E-state index contributed by atoms with van der Waals surface area (Å²) < 4.78 is 46.2. The van der Waals surface area contributed by atoms with Gasteiger partial charge in [0.15, 0.2) is 5.69 Å². The average Bonchev–Trinajstić information content (AvgIpc) is 3.15. The van der Waals surface area contributed by atoms with E-state index >= 15 is 0 Å². The highest BCUT2D eigenvalue weighted by molar-refractivity contribution is 6.36. The van der Waals surface area contributed by atoms with Crippen LogP contribution in [0.2, 0.25) is 5.02 Å². The van der Waals surface area contributed by atoms with Crippen molar-refractivity contribution >= 4 is 17.5 Å². The quantitative estimate of drug-likeness (QED) is 0.415. The van der Waals surface area contributed by atoms with Crippen LogP contribution >= 0.6 is 11.6 Å². The van der Waals surface area contributed by atoms with E-state index < -0.39 is 23.6 Å². The Labute approximate surface area is 215 Å². The molecule has 3 rings (SSSR count). The molecule has 0 aliphatic heterocycles. The van der Waals surface area contributed by atoms with Crippen molar-refractivity contribution in [2.24, 2.45) is 11.8 Å². The zero-order chi connectivity index (χ0) is 26.7. The largest absolute Gasteiger partial charge is 0.496 e. The number of aryl methyl sites for hydroxylation is 1.